The van der Waals surface area contributed by atoms with E-state index < -0.39 is 0 Å². The summed E-state index contributed by atoms with van der Waals surface area (Å²) in [6, 6.07) is 7.83. The summed E-state index contributed by atoms with van der Waals surface area (Å²) in [5, 5.41) is 4.40. The van der Waals surface area contributed by atoms with Gasteiger partial charge in [0.05, 0.1) is 0 Å². The van der Waals surface area contributed by atoms with Crippen molar-refractivity contribution < 1.29 is 9.36 Å². The Labute approximate surface area is 162 Å². The number of hydrogen-bond donors (Lipinski definition) is 4. The number of carbonyl (C=O) groups excluding carboxylic acids is 1. The molecule has 0 saturated heterocycles. The molecule has 8 heteroatoms. The van der Waals surface area contributed by atoms with Crippen LogP contribution in [0.2, 0.25) is 0 Å². The standard InChI is InChI=1S/C20H23N7O/c1-2-14-19(28)27-11-17(13-10-24-15-7-4-3-6-12(13)15)25-16(18(27)26-14)8-5-9-23-20(21)22/h3-4,6-7,10-11,14,24H,2,5,8-9H2,1H3,(H4,21,22,23)/p+1. The molecule has 8 nitrogen and oxygen atoms in total. The van der Waals surface area contributed by atoms with Crippen LogP contribution in [0.25, 0.3) is 22.2 Å². The van der Waals surface area contributed by atoms with Gasteiger partial charge in [-0.25, -0.2) is 9.78 Å². The van der Waals surface area contributed by atoms with Crippen molar-refractivity contribution in [2.75, 3.05) is 11.9 Å². The number of anilines is 1. The van der Waals surface area contributed by atoms with Crippen LogP contribution in [-0.4, -0.2) is 34.4 Å². The van der Waals surface area contributed by atoms with Crippen LogP contribution >= 0.6 is 0 Å². The molecule has 3 heterocycles. The van der Waals surface area contributed by atoms with Gasteiger partial charge in [-0.3, -0.25) is 10.3 Å². The Morgan fingerprint density at radius 2 is 2.14 bits per heavy atom. The van der Waals surface area contributed by atoms with Gasteiger partial charge in [0.25, 0.3) is 0 Å². The van der Waals surface area contributed by atoms with Gasteiger partial charge in [-0.1, -0.05) is 25.1 Å². The number of H-pyrrole nitrogens is 1. The second-order valence-corrected chi connectivity index (χ2v) is 6.89. The molecule has 0 fully saturated rings. The van der Waals surface area contributed by atoms with Crippen LogP contribution in [0.15, 0.2) is 41.7 Å². The van der Waals surface area contributed by atoms with Gasteiger partial charge >= 0.3 is 11.7 Å². The number of fused-ring (bicyclic) bond motifs is 2. The average Bonchev–Trinajstić information content (AvgIpc) is 3.26. The molecule has 6 N–H and O–H groups in total. The lowest BCUT2D eigenvalue weighted by atomic mass is 10.1. The van der Waals surface area contributed by atoms with Gasteiger partial charge in [-0.15, -0.1) is 0 Å². The van der Waals surface area contributed by atoms with E-state index in [0.29, 0.717) is 13.0 Å². The van der Waals surface area contributed by atoms with Crippen LogP contribution in [0.4, 0.5) is 5.82 Å². The van der Waals surface area contributed by atoms with Crippen molar-refractivity contribution in [3.8, 4) is 11.3 Å². The number of nitrogens with zero attached hydrogens (tertiary/aromatic N) is 3. The topological polar surface area (TPSA) is 126 Å². The van der Waals surface area contributed by atoms with E-state index in [2.05, 4.69) is 15.3 Å². The molecule has 0 radical (unpaired) electrons. The number of aromatic amines is 1. The first kappa shape index (κ1) is 18.0. The van der Waals surface area contributed by atoms with Crippen molar-refractivity contribution in [1.82, 2.24) is 9.97 Å². The van der Waals surface area contributed by atoms with Gasteiger partial charge in [-0.2, -0.15) is 4.57 Å². The lowest BCUT2D eigenvalue weighted by Crippen LogP contribution is -2.43. The van der Waals surface area contributed by atoms with E-state index in [9.17, 15) is 4.79 Å². The number of para-hydroxylation sites is 1. The molecule has 0 bridgehead atoms. The fraction of sp³-hybridized carbons (Fsp3) is 0.300. The number of benzene rings is 1. The summed E-state index contributed by atoms with van der Waals surface area (Å²) in [6.07, 6.45) is 5.89. The minimum Gasteiger partial charge on any atom is -0.370 e. The van der Waals surface area contributed by atoms with Crippen LogP contribution < -0.4 is 21.4 Å². The van der Waals surface area contributed by atoms with E-state index in [-0.39, 0.29) is 17.9 Å². The third-order valence-corrected chi connectivity index (χ3v) is 5.01. The van der Waals surface area contributed by atoms with Crippen molar-refractivity contribution >= 4 is 28.6 Å². The molecule has 1 atom stereocenters. The summed E-state index contributed by atoms with van der Waals surface area (Å²) in [4.78, 5) is 25.0. The predicted molar refractivity (Wildman–Crippen MR) is 109 cm³/mol. The van der Waals surface area contributed by atoms with Crippen LogP contribution in [0.3, 0.4) is 0 Å². The first-order chi connectivity index (χ1) is 13.6. The van der Waals surface area contributed by atoms with E-state index in [1.54, 1.807) is 4.57 Å². The van der Waals surface area contributed by atoms with Crippen molar-refractivity contribution in [3.05, 3.63) is 42.4 Å². The van der Waals surface area contributed by atoms with E-state index in [0.717, 1.165) is 46.5 Å². The van der Waals surface area contributed by atoms with Crippen LogP contribution in [-0.2, 0) is 6.42 Å². The molecule has 0 aliphatic carbocycles. The maximum atomic E-state index is 12.8. The molecule has 0 amide bonds. The number of carbonyl (C=O) groups is 1. The van der Waals surface area contributed by atoms with Crippen LogP contribution in [0, 0.1) is 0 Å². The number of aromatic nitrogens is 3. The highest BCUT2D eigenvalue weighted by Gasteiger charge is 2.39. The van der Waals surface area contributed by atoms with E-state index >= 15 is 0 Å². The van der Waals surface area contributed by atoms with Gasteiger partial charge in [0.1, 0.15) is 17.6 Å². The zero-order valence-electron chi connectivity index (χ0n) is 15.8. The first-order valence-corrected chi connectivity index (χ1v) is 9.46. The van der Waals surface area contributed by atoms with Crippen molar-refractivity contribution in [2.24, 2.45) is 16.5 Å². The van der Waals surface area contributed by atoms with E-state index in [1.165, 1.54) is 0 Å². The van der Waals surface area contributed by atoms with Gasteiger partial charge in [0.15, 0.2) is 12.0 Å². The molecule has 1 aliphatic rings. The summed E-state index contributed by atoms with van der Waals surface area (Å²) in [5.41, 5.74) is 14.4. The van der Waals surface area contributed by atoms with E-state index in [4.69, 9.17) is 16.5 Å². The maximum absolute atomic E-state index is 12.8. The summed E-state index contributed by atoms with van der Waals surface area (Å²) < 4.78 is 1.70. The van der Waals surface area contributed by atoms with Gasteiger partial charge in [0, 0.05) is 29.2 Å². The highest BCUT2D eigenvalue weighted by Crippen LogP contribution is 2.29. The Hall–Kier alpha value is -3.42. The Bertz CT molecular complexity index is 1070. The SMILES string of the molecule is CCC1Nc2c(CCCN=C(N)N)nc(-c3c[nH]c4ccccc34)c[n+]2C1=O. The number of rotatable bonds is 6. The minimum absolute atomic E-state index is 0.0477. The van der Waals surface area contributed by atoms with Crippen molar-refractivity contribution in [1.29, 1.82) is 0 Å². The number of aryl methyl sites for hydroxylation is 1. The van der Waals surface area contributed by atoms with E-state index in [1.807, 2.05) is 43.6 Å². The number of hydrogen-bond acceptors (Lipinski definition) is 4. The molecule has 28 heavy (non-hydrogen) atoms. The van der Waals surface area contributed by atoms with Gasteiger partial charge < -0.3 is 16.5 Å². The number of aliphatic imine (C=N–C) groups is 1. The zero-order chi connectivity index (χ0) is 19.7. The second kappa shape index (κ2) is 7.30. The maximum Gasteiger partial charge on any atom is 0.359 e. The largest absolute Gasteiger partial charge is 0.370 e. The number of guanidine groups is 1. The fourth-order valence-corrected chi connectivity index (χ4v) is 3.59. The molecule has 3 aromatic rings. The highest BCUT2D eigenvalue weighted by atomic mass is 16.2. The summed E-state index contributed by atoms with van der Waals surface area (Å²) in [7, 11) is 0. The zero-order valence-corrected chi connectivity index (χ0v) is 15.8. The normalized spacial score (nSPS) is 15.5. The molecule has 0 saturated carbocycles. The molecular weight excluding hydrogens is 354 g/mol. The second-order valence-electron chi connectivity index (χ2n) is 6.89. The van der Waals surface area contributed by atoms with Crippen LogP contribution in [0.1, 0.15) is 30.3 Å². The van der Waals surface area contributed by atoms with Crippen molar-refractivity contribution in [2.45, 2.75) is 32.2 Å². The molecular formula is C20H24N7O+. The van der Waals surface area contributed by atoms with Gasteiger partial charge in [-0.05, 0) is 25.3 Å². The smallest absolute Gasteiger partial charge is 0.359 e. The van der Waals surface area contributed by atoms with Gasteiger partial charge in [0.2, 0.25) is 0 Å². The quantitative estimate of drug-likeness (QED) is 0.224. The molecule has 1 unspecified atom stereocenters. The van der Waals surface area contributed by atoms with Crippen LogP contribution in [0.5, 0.6) is 0 Å². The summed E-state index contributed by atoms with van der Waals surface area (Å²) in [5.74, 6) is 0.899. The number of nitrogens with one attached hydrogen (secondary N) is 2. The third-order valence-electron chi connectivity index (χ3n) is 5.01. The Balaban J connectivity index is 1.76. The minimum atomic E-state index is -0.225. The molecule has 1 aromatic carbocycles. The lowest BCUT2D eigenvalue weighted by Gasteiger charge is -2.06. The summed E-state index contributed by atoms with van der Waals surface area (Å²) in [6.45, 7) is 2.51. The predicted octanol–water partition coefficient (Wildman–Crippen LogP) is 1.57. The number of nitrogens with two attached hydrogens (primary N) is 2. The average molecular weight is 378 g/mol. The Morgan fingerprint density at radius 3 is 2.93 bits per heavy atom. The lowest BCUT2D eigenvalue weighted by molar-refractivity contribution is -0.552. The Kier molecular flexibility index (Phi) is 4.68. The highest BCUT2D eigenvalue weighted by molar-refractivity contribution is 5.94. The molecule has 4 rings (SSSR count). The third kappa shape index (κ3) is 3.17. The monoisotopic (exact) mass is 378 g/mol. The van der Waals surface area contributed by atoms with Crippen molar-refractivity contribution in [3.63, 3.8) is 0 Å². The molecule has 0 spiro atoms. The molecule has 144 valence electrons. The Morgan fingerprint density at radius 1 is 1.32 bits per heavy atom. The molecule has 1 aliphatic heterocycles. The fourth-order valence-electron chi connectivity index (χ4n) is 3.59. The first-order valence-electron chi connectivity index (χ1n) is 9.46. The summed E-state index contributed by atoms with van der Waals surface area (Å²) >= 11 is 0. The molecule has 2 aromatic heterocycles.